The molecule has 0 radical (unpaired) electrons. The van der Waals surface area contributed by atoms with Crippen LogP contribution >= 0.6 is 7.75 Å². The van der Waals surface area contributed by atoms with Gasteiger partial charge in [-0.15, -0.1) is 0 Å². The SMILES string of the molecule is Cc1nc(NC2CC2)c2ncn([C@@H]3O[C@H](CO[P@@](=O)(N[C@@H](C)C(=O)OC(C)C)Oc4ccccc4)[C@@H](O)[C@]3(F)CO)c2n1. The third-order valence-electron chi connectivity index (χ3n) is 6.94. The first-order valence-corrected chi connectivity index (χ1v) is 15.5. The van der Waals surface area contributed by atoms with Crippen molar-refractivity contribution >= 4 is 30.7 Å². The number of hydrogen-bond donors (Lipinski definition) is 4. The number of ether oxygens (including phenoxy) is 2. The van der Waals surface area contributed by atoms with Crippen molar-refractivity contribution in [2.24, 2.45) is 0 Å². The summed E-state index contributed by atoms with van der Waals surface area (Å²) in [4.78, 5) is 25.6. The molecule has 16 heteroatoms. The highest BCUT2D eigenvalue weighted by Gasteiger charge is 2.59. The van der Waals surface area contributed by atoms with Crippen LogP contribution in [0, 0.1) is 6.92 Å². The molecule has 3 aromatic rings. The van der Waals surface area contributed by atoms with E-state index in [9.17, 15) is 19.6 Å². The zero-order valence-corrected chi connectivity index (χ0v) is 25.1. The largest absolute Gasteiger partial charge is 0.462 e. The van der Waals surface area contributed by atoms with Gasteiger partial charge in [0.05, 0.1) is 25.6 Å². The van der Waals surface area contributed by atoms with Crippen molar-refractivity contribution in [1.82, 2.24) is 24.6 Å². The van der Waals surface area contributed by atoms with Crippen LogP contribution in [0.25, 0.3) is 11.2 Å². The molecule has 0 spiro atoms. The number of imidazole rings is 1. The summed E-state index contributed by atoms with van der Waals surface area (Å²) in [5.74, 6) is 0.361. The number of aliphatic hydroxyl groups excluding tert-OH is 2. The smallest absolute Gasteiger partial charge is 0.459 e. The first-order valence-electron chi connectivity index (χ1n) is 14.0. The minimum atomic E-state index is -4.34. The Morgan fingerprint density at radius 1 is 1.26 bits per heavy atom. The van der Waals surface area contributed by atoms with Gasteiger partial charge in [-0.3, -0.25) is 13.9 Å². The van der Waals surface area contributed by atoms with E-state index in [4.69, 9.17) is 18.5 Å². The van der Waals surface area contributed by atoms with Crippen LogP contribution in [0.15, 0.2) is 36.7 Å². The lowest BCUT2D eigenvalue weighted by molar-refractivity contribution is -0.149. The summed E-state index contributed by atoms with van der Waals surface area (Å²) < 4.78 is 53.7. The molecule has 1 aliphatic heterocycles. The van der Waals surface area contributed by atoms with E-state index in [-0.39, 0.29) is 17.4 Å². The van der Waals surface area contributed by atoms with Gasteiger partial charge in [0.15, 0.2) is 23.2 Å². The first-order chi connectivity index (χ1) is 20.4. The van der Waals surface area contributed by atoms with E-state index < -0.39 is 63.2 Å². The maximum atomic E-state index is 16.3. The van der Waals surface area contributed by atoms with Gasteiger partial charge in [0.1, 0.15) is 29.8 Å². The molecule has 6 atom stereocenters. The predicted octanol–water partition coefficient (Wildman–Crippen LogP) is 2.80. The second-order valence-corrected chi connectivity index (χ2v) is 12.6. The van der Waals surface area contributed by atoms with Crippen LogP contribution in [0.2, 0.25) is 0 Å². The highest BCUT2D eigenvalue weighted by molar-refractivity contribution is 7.52. The van der Waals surface area contributed by atoms with E-state index in [0.717, 1.165) is 12.8 Å². The Morgan fingerprint density at radius 2 is 1.98 bits per heavy atom. The van der Waals surface area contributed by atoms with Crippen molar-refractivity contribution in [3.63, 3.8) is 0 Å². The molecular formula is C27H36FN6O8P. The number of halogens is 1. The standard InChI is InChI=1S/C27H36FN6O8P/c1-15(2)40-25(37)16(3)33-43(38,42-19-8-6-5-7-9-19)39-12-20-22(36)27(28,13-35)26(41-20)34-14-29-21-23(32-18-10-11-18)30-17(4)31-24(21)34/h5-9,14-16,18,20,22,26,35-36H,10-13H2,1-4H3,(H,33,38)(H,30,31,32)/t16-,20+,22+,26+,27+,43-/m0/s1. The molecule has 1 saturated heterocycles. The number of alkyl halides is 1. The van der Waals surface area contributed by atoms with Gasteiger partial charge in [0, 0.05) is 6.04 Å². The van der Waals surface area contributed by atoms with Crippen LogP contribution in [-0.2, 0) is 23.4 Å². The molecule has 43 heavy (non-hydrogen) atoms. The average Bonchev–Trinajstić information content (AvgIpc) is 3.62. The summed E-state index contributed by atoms with van der Waals surface area (Å²) in [6, 6.07) is 7.24. The summed E-state index contributed by atoms with van der Waals surface area (Å²) in [5.41, 5.74) is -2.10. The lowest BCUT2D eigenvalue weighted by Crippen LogP contribution is -2.46. The van der Waals surface area contributed by atoms with Crippen LogP contribution in [0.1, 0.15) is 45.7 Å². The number of aromatic nitrogens is 4. The Kier molecular flexibility index (Phi) is 9.02. The molecule has 1 aromatic carbocycles. The van der Waals surface area contributed by atoms with Gasteiger partial charge >= 0.3 is 13.7 Å². The van der Waals surface area contributed by atoms with Crippen molar-refractivity contribution in [1.29, 1.82) is 0 Å². The average molecular weight is 623 g/mol. The predicted molar refractivity (Wildman–Crippen MR) is 152 cm³/mol. The molecule has 0 bridgehead atoms. The molecule has 2 fully saturated rings. The summed E-state index contributed by atoms with van der Waals surface area (Å²) >= 11 is 0. The van der Waals surface area contributed by atoms with Crippen molar-refractivity contribution < 1.29 is 42.5 Å². The van der Waals surface area contributed by atoms with E-state index >= 15 is 4.39 Å². The molecular weight excluding hydrogens is 586 g/mol. The number of rotatable bonds is 13. The van der Waals surface area contributed by atoms with Gasteiger partial charge in [-0.2, -0.15) is 5.09 Å². The number of para-hydroxylation sites is 1. The number of hydrogen-bond acceptors (Lipinski definition) is 12. The fourth-order valence-electron chi connectivity index (χ4n) is 4.63. The van der Waals surface area contributed by atoms with Crippen molar-refractivity contribution in [2.75, 3.05) is 18.5 Å². The molecule has 3 heterocycles. The van der Waals surface area contributed by atoms with E-state index in [0.29, 0.717) is 17.2 Å². The number of carbonyl (C=O) groups excluding carboxylic acids is 1. The molecule has 2 aliphatic rings. The monoisotopic (exact) mass is 622 g/mol. The lowest BCUT2D eigenvalue weighted by atomic mass is 9.97. The molecule has 2 aromatic heterocycles. The summed E-state index contributed by atoms with van der Waals surface area (Å²) in [6.07, 6.45) is -2.04. The number of aryl methyl sites for hydroxylation is 1. The third-order valence-corrected chi connectivity index (χ3v) is 8.58. The van der Waals surface area contributed by atoms with Gasteiger partial charge in [0.2, 0.25) is 5.67 Å². The number of aliphatic hydroxyl groups is 2. The Balaban J connectivity index is 1.38. The van der Waals surface area contributed by atoms with Crippen molar-refractivity contribution in [3.05, 3.63) is 42.5 Å². The molecule has 1 saturated carbocycles. The number of benzene rings is 1. The van der Waals surface area contributed by atoms with Crippen molar-refractivity contribution in [2.45, 2.75) is 82.8 Å². The fraction of sp³-hybridized carbons (Fsp3) is 0.556. The van der Waals surface area contributed by atoms with Gasteiger partial charge in [-0.1, -0.05) is 18.2 Å². The Morgan fingerprint density at radius 3 is 2.63 bits per heavy atom. The first kappa shape index (κ1) is 31.2. The maximum Gasteiger partial charge on any atom is 0.459 e. The number of carbonyl (C=O) groups is 1. The molecule has 14 nitrogen and oxygen atoms in total. The number of anilines is 1. The lowest BCUT2D eigenvalue weighted by Gasteiger charge is -2.27. The van der Waals surface area contributed by atoms with E-state index in [1.165, 1.54) is 30.0 Å². The summed E-state index contributed by atoms with van der Waals surface area (Å²) in [5, 5.41) is 26.9. The maximum absolute atomic E-state index is 16.3. The Bertz CT molecular complexity index is 1490. The Hall–Kier alpha value is -3.20. The fourth-order valence-corrected chi connectivity index (χ4v) is 6.13. The van der Waals surface area contributed by atoms with Crippen LogP contribution in [0.5, 0.6) is 5.75 Å². The number of nitrogens with zero attached hydrogens (tertiary/aromatic N) is 4. The quantitative estimate of drug-likeness (QED) is 0.162. The summed E-state index contributed by atoms with van der Waals surface area (Å²) in [7, 11) is -4.34. The molecule has 0 amide bonds. The molecule has 4 N–H and O–H groups in total. The Labute approximate surface area is 247 Å². The molecule has 1 aliphatic carbocycles. The van der Waals surface area contributed by atoms with Crippen LogP contribution in [0.4, 0.5) is 10.2 Å². The molecule has 0 unspecified atom stereocenters. The zero-order chi connectivity index (χ0) is 30.9. The van der Waals surface area contributed by atoms with E-state index in [1.807, 2.05) is 0 Å². The summed E-state index contributed by atoms with van der Waals surface area (Å²) in [6.45, 7) is 4.69. The van der Waals surface area contributed by atoms with E-state index in [2.05, 4.69) is 25.4 Å². The minimum absolute atomic E-state index is 0.166. The zero-order valence-electron chi connectivity index (χ0n) is 24.2. The normalized spacial score (nSPS) is 25.9. The van der Waals surface area contributed by atoms with Gasteiger partial charge in [-0.25, -0.2) is 23.9 Å². The number of esters is 1. The van der Waals surface area contributed by atoms with Gasteiger partial charge in [-0.05, 0) is 52.7 Å². The molecule has 234 valence electrons. The minimum Gasteiger partial charge on any atom is -0.462 e. The second kappa shape index (κ2) is 12.4. The second-order valence-electron chi connectivity index (χ2n) is 11.0. The molecule has 5 rings (SSSR count). The number of fused-ring (bicyclic) bond motifs is 1. The number of nitrogens with one attached hydrogen (secondary N) is 2. The van der Waals surface area contributed by atoms with Crippen LogP contribution in [0.3, 0.4) is 0 Å². The highest BCUT2D eigenvalue weighted by Crippen LogP contribution is 2.48. The van der Waals surface area contributed by atoms with Gasteiger partial charge in [0.25, 0.3) is 0 Å². The van der Waals surface area contributed by atoms with Crippen LogP contribution in [-0.4, -0.2) is 85.0 Å². The van der Waals surface area contributed by atoms with E-state index in [1.54, 1.807) is 39.0 Å². The third kappa shape index (κ3) is 6.82. The highest BCUT2D eigenvalue weighted by atomic mass is 31.2. The van der Waals surface area contributed by atoms with Gasteiger partial charge < -0.3 is 29.5 Å². The van der Waals surface area contributed by atoms with Crippen LogP contribution < -0.4 is 14.9 Å². The topological polar surface area (TPSA) is 179 Å². The van der Waals surface area contributed by atoms with Crippen molar-refractivity contribution in [3.8, 4) is 5.75 Å².